The topological polar surface area (TPSA) is 75.4 Å². The number of aryl methyl sites for hydroxylation is 1. The average molecular weight is 433 g/mol. The third-order valence-corrected chi connectivity index (χ3v) is 5.21. The monoisotopic (exact) mass is 431 g/mol. The van der Waals surface area contributed by atoms with Crippen molar-refractivity contribution in [3.63, 3.8) is 0 Å². The van der Waals surface area contributed by atoms with Gasteiger partial charge in [0, 0.05) is 23.5 Å². The Morgan fingerprint density at radius 2 is 2.12 bits per heavy atom. The summed E-state index contributed by atoms with van der Waals surface area (Å²) in [7, 11) is 0. The number of likely N-dealkylation sites (tertiary alicyclic amines) is 1. The summed E-state index contributed by atoms with van der Waals surface area (Å²) in [6.45, 7) is 7.09. The third-order valence-electron chi connectivity index (χ3n) is 4.75. The number of nitrogens with one attached hydrogen (secondary N) is 1. The van der Waals surface area contributed by atoms with Gasteiger partial charge in [0.1, 0.15) is 0 Å². The number of carbonyl (C=O) groups excluding carboxylic acids is 2. The number of anilines is 2. The summed E-state index contributed by atoms with van der Waals surface area (Å²) in [5.41, 5.74) is 8.18. The number of nitrogen functional groups attached to an aromatic ring is 1. The highest BCUT2D eigenvalue weighted by Crippen LogP contribution is 2.29. The van der Waals surface area contributed by atoms with Crippen molar-refractivity contribution in [1.29, 1.82) is 0 Å². The molecule has 1 saturated heterocycles. The minimum absolute atomic E-state index is 0. The number of nitrogens with two attached hydrogens (primary N) is 1. The molecule has 1 aromatic carbocycles. The molecule has 0 aromatic heterocycles. The SMILES string of the molecule is CCC(C)C(=O)N1CCCC(C(=O)Nc2cc(Br)cc(C)c2N)C1.Cl. The van der Waals surface area contributed by atoms with E-state index in [4.69, 9.17) is 5.73 Å². The van der Waals surface area contributed by atoms with Crippen LogP contribution < -0.4 is 11.1 Å². The first-order chi connectivity index (χ1) is 11.3. The number of carbonyl (C=O) groups is 2. The second-order valence-corrected chi connectivity index (χ2v) is 7.52. The molecule has 2 amide bonds. The summed E-state index contributed by atoms with van der Waals surface area (Å²) in [4.78, 5) is 26.8. The van der Waals surface area contributed by atoms with Crippen LogP contribution in [-0.4, -0.2) is 29.8 Å². The fourth-order valence-corrected chi connectivity index (χ4v) is 3.54. The van der Waals surface area contributed by atoms with E-state index >= 15 is 0 Å². The van der Waals surface area contributed by atoms with E-state index < -0.39 is 0 Å². The quantitative estimate of drug-likeness (QED) is 0.706. The zero-order chi connectivity index (χ0) is 17.9. The number of rotatable bonds is 4. The molecular formula is C18H27BrClN3O2. The van der Waals surface area contributed by atoms with Gasteiger partial charge < -0.3 is 16.0 Å². The van der Waals surface area contributed by atoms with Gasteiger partial charge in [-0.05, 0) is 43.9 Å². The summed E-state index contributed by atoms with van der Waals surface area (Å²) >= 11 is 3.43. The van der Waals surface area contributed by atoms with E-state index in [1.165, 1.54) is 0 Å². The Morgan fingerprint density at radius 1 is 1.44 bits per heavy atom. The molecular weight excluding hydrogens is 406 g/mol. The minimum Gasteiger partial charge on any atom is -0.397 e. The van der Waals surface area contributed by atoms with Crippen molar-refractivity contribution >= 4 is 51.5 Å². The van der Waals surface area contributed by atoms with Gasteiger partial charge in [0.25, 0.3) is 0 Å². The fraction of sp³-hybridized carbons (Fsp3) is 0.556. The molecule has 0 spiro atoms. The molecule has 1 aliphatic heterocycles. The van der Waals surface area contributed by atoms with Crippen LogP contribution in [0, 0.1) is 18.8 Å². The molecule has 2 atom stereocenters. The smallest absolute Gasteiger partial charge is 0.229 e. The Morgan fingerprint density at radius 3 is 2.76 bits per heavy atom. The van der Waals surface area contributed by atoms with Crippen LogP contribution in [-0.2, 0) is 9.59 Å². The van der Waals surface area contributed by atoms with Crippen LogP contribution in [0.4, 0.5) is 11.4 Å². The normalized spacial score (nSPS) is 18.2. The maximum absolute atomic E-state index is 12.6. The Kier molecular flexibility index (Phi) is 8.22. The second kappa shape index (κ2) is 9.43. The molecule has 2 rings (SSSR count). The summed E-state index contributed by atoms with van der Waals surface area (Å²) in [6, 6.07) is 3.73. The molecule has 1 aliphatic rings. The summed E-state index contributed by atoms with van der Waals surface area (Å²) < 4.78 is 0.877. The van der Waals surface area contributed by atoms with E-state index in [9.17, 15) is 9.59 Å². The van der Waals surface area contributed by atoms with Crippen LogP contribution in [0.15, 0.2) is 16.6 Å². The van der Waals surface area contributed by atoms with Crippen LogP contribution in [0.3, 0.4) is 0 Å². The summed E-state index contributed by atoms with van der Waals surface area (Å²) in [5, 5.41) is 2.93. The number of nitrogens with zero attached hydrogens (tertiary/aromatic N) is 1. The van der Waals surface area contributed by atoms with Gasteiger partial charge in [0.05, 0.1) is 17.3 Å². The highest BCUT2D eigenvalue weighted by atomic mass is 79.9. The number of piperidine rings is 1. The maximum Gasteiger partial charge on any atom is 0.229 e. The maximum atomic E-state index is 12.6. The molecule has 5 nitrogen and oxygen atoms in total. The Labute approximate surface area is 164 Å². The van der Waals surface area contributed by atoms with E-state index in [2.05, 4.69) is 21.2 Å². The molecule has 1 fully saturated rings. The molecule has 140 valence electrons. The van der Waals surface area contributed by atoms with Gasteiger partial charge in [0.2, 0.25) is 11.8 Å². The lowest BCUT2D eigenvalue weighted by Crippen LogP contribution is -2.45. The van der Waals surface area contributed by atoms with E-state index in [-0.39, 0.29) is 36.1 Å². The molecule has 25 heavy (non-hydrogen) atoms. The lowest BCUT2D eigenvalue weighted by Gasteiger charge is -2.33. The van der Waals surface area contributed by atoms with Gasteiger partial charge in [-0.3, -0.25) is 9.59 Å². The molecule has 1 aromatic rings. The van der Waals surface area contributed by atoms with Crippen molar-refractivity contribution in [3.8, 4) is 0 Å². The standard InChI is InChI=1S/C18H26BrN3O2.ClH/c1-4-11(2)18(24)22-7-5-6-13(10-22)17(23)21-15-9-14(19)8-12(3)16(15)20;/h8-9,11,13H,4-7,10,20H2,1-3H3,(H,21,23);1H. The number of amides is 2. The molecule has 0 bridgehead atoms. The number of hydrogen-bond acceptors (Lipinski definition) is 3. The molecule has 0 saturated carbocycles. The molecule has 0 radical (unpaired) electrons. The van der Waals surface area contributed by atoms with Crippen molar-refractivity contribution in [2.75, 3.05) is 24.1 Å². The first kappa shape index (κ1) is 21.8. The van der Waals surface area contributed by atoms with Gasteiger partial charge in [0.15, 0.2) is 0 Å². The van der Waals surface area contributed by atoms with Crippen molar-refractivity contribution < 1.29 is 9.59 Å². The first-order valence-corrected chi connectivity index (χ1v) is 9.28. The predicted octanol–water partition coefficient (Wildman–Crippen LogP) is 3.98. The molecule has 0 aliphatic carbocycles. The van der Waals surface area contributed by atoms with Gasteiger partial charge in [-0.2, -0.15) is 0 Å². The lowest BCUT2D eigenvalue weighted by atomic mass is 9.95. The molecule has 2 unspecified atom stereocenters. The fourth-order valence-electron chi connectivity index (χ4n) is 2.97. The molecule has 7 heteroatoms. The van der Waals surface area contributed by atoms with Crippen LogP contribution in [0.1, 0.15) is 38.7 Å². The van der Waals surface area contributed by atoms with E-state index in [1.807, 2.05) is 37.8 Å². The highest BCUT2D eigenvalue weighted by molar-refractivity contribution is 9.10. The van der Waals surface area contributed by atoms with Gasteiger partial charge in [-0.25, -0.2) is 0 Å². The van der Waals surface area contributed by atoms with Crippen LogP contribution in [0.5, 0.6) is 0 Å². The summed E-state index contributed by atoms with van der Waals surface area (Å²) in [5.74, 6) is -0.103. The number of benzene rings is 1. The van der Waals surface area contributed by atoms with Crippen LogP contribution in [0.2, 0.25) is 0 Å². The Hall–Kier alpha value is -1.27. The Bertz CT molecular complexity index is 639. The van der Waals surface area contributed by atoms with Crippen LogP contribution in [0.25, 0.3) is 0 Å². The van der Waals surface area contributed by atoms with Gasteiger partial charge in [-0.15, -0.1) is 12.4 Å². The van der Waals surface area contributed by atoms with E-state index in [1.54, 1.807) is 0 Å². The largest absolute Gasteiger partial charge is 0.397 e. The highest BCUT2D eigenvalue weighted by Gasteiger charge is 2.30. The van der Waals surface area contributed by atoms with Crippen molar-refractivity contribution in [1.82, 2.24) is 4.90 Å². The van der Waals surface area contributed by atoms with Gasteiger partial charge >= 0.3 is 0 Å². The zero-order valence-corrected chi connectivity index (χ0v) is 17.4. The summed E-state index contributed by atoms with van der Waals surface area (Å²) in [6.07, 6.45) is 2.47. The second-order valence-electron chi connectivity index (χ2n) is 6.61. The predicted molar refractivity (Wildman–Crippen MR) is 108 cm³/mol. The van der Waals surface area contributed by atoms with Gasteiger partial charge in [-0.1, -0.05) is 29.8 Å². The lowest BCUT2D eigenvalue weighted by molar-refractivity contribution is -0.138. The van der Waals surface area contributed by atoms with Crippen molar-refractivity contribution in [2.24, 2.45) is 11.8 Å². The van der Waals surface area contributed by atoms with Crippen molar-refractivity contribution in [2.45, 2.75) is 40.0 Å². The van der Waals surface area contributed by atoms with E-state index in [0.29, 0.717) is 17.9 Å². The third kappa shape index (κ3) is 5.35. The van der Waals surface area contributed by atoms with E-state index in [0.717, 1.165) is 35.8 Å². The molecule has 3 N–H and O–H groups in total. The first-order valence-electron chi connectivity index (χ1n) is 8.48. The average Bonchev–Trinajstić information content (AvgIpc) is 2.57. The van der Waals surface area contributed by atoms with Crippen molar-refractivity contribution in [3.05, 3.63) is 22.2 Å². The minimum atomic E-state index is -0.189. The molecule has 1 heterocycles. The number of halogens is 2. The van der Waals surface area contributed by atoms with Crippen LogP contribution >= 0.6 is 28.3 Å². The Balaban J connectivity index is 0.00000312. The zero-order valence-electron chi connectivity index (χ0n) is 15.0. The number of hydrogen-bond donors (Lipinski definition) is 2.